The number of phenols is 1. The number of ether oxygens (including phenoxy) is 1. The Morgan fingerprint density at radius 1 is 1.00 bits per heavy atom. The van der Waals surface area contributed by atoms with E-state index in [0.29, 0.717) is 47.8 Å². The van der Waals surface area contributed by atoms with Crippen molar-refractivity contribution in [1.82, 2.24) is 4.98 Å². The van der Waals surface area contributed by atoms with Crippen molar-refractivity contribution >= 4 is 34.7 Å². The second kappa shape index (κ2) is 12.5. The predicted octanol–water partition coefficient (Wildman–Crippen LogP) is 5.41. The van der Waals surface area contributed by atoms with Crippen LogP contribution in [-0.4, -0.2) is 59.2 Å². The maximum absolute atomic E-state index is 14.3. The topological polar surface area (TPSA) is 98.5 Å². The number of anilines is 2. The number of piperidine rings is 1. The van der Waals surface area contributed by atoms with E-state index in [4.69, 9.17) is 26.3 Å². The standard InChI is InChI=1S/C34H33ClN4O4/c1-43-27-10-6-22(7-11-27)21-39-31-12-9-26(41)19-28(31)33(37-30(34(39)42)18-23-4-2-3-5-29(23)35)24-8-13-32(36-20-24)38-16-14-25(40)15-17-38/h2-13,19-20,25,30,40-41H,14-18,21H2,1H3. The minimum absolute atomic E-state index is 0.0734. The molecule has 0 radical (unpaired) electrons. The van der Waals surface area contributed by atoms with E-state index in [1.54, 1.807) is 36.4 Å². The Morgan fingerprint density at radius 3 is 2.47 bits per heavy atom. The number of aliphatic hydroxyl groups is 1. The average molecular weight is 597 g/mol. The van der Waals surface area contributed by atoms with Gasteiger partial charge in [-0.2, -0.15) is 0 Å². The molecule has 1 saturated heterocycles. The normalized spacial score (nSPS) is 17.3. The molecule has 0 aliphatic carbocycles. The third-order valence-corrected chi connectivity index (χ3v) is 8.41. The van der Waals surface area contributed by atoms with E-state index in [-0.39, 0.29) is 17.8 Å². The molecule has 220 valence electrons. The van der Waals surface area contributed by atoms with Crippen molar-refractivity contribution in [2.24, 2.45) is 4.99 Å². The Labute approximate surface area is 255 Å². The molecule has 0 bridgehead atoms. The van der Waals surface area contributed by atoms with E-state index in [1.807, 2.05) is 60.7 Å². The van der Waals surface area contributed by atoms with Crippen LogP contribution < -0.4 is 14.5 Å². The lowest BCUT2D eigenvalue weighted by Crippen LogP contribution is -2.38. The summed E-state index contributed by atoms with van der Waals surface area (Å²) in [6.07, 6.45) is 3.22. The van der Waals surface area contributed by atoms with Crippen molar-refractivity contribution in [2.75, 3.05) is 30.0 Å². The molecule has 6 rings (SSSR count). The molecule has 1 fully saturated rings. The highest BCUT2D eigenvalue weighted by molar-refractivity contribution is 6.31. The monoisotopic (exact) mass is 596 g/mol. The largest absolute Gasteiger partial charge is 0.508 e. The number of halogens is 1. The lowest BCUT2D eigenvalue weighted by molar-refractivity contribution is -0.119. The molecule has 8 nitrogen and oxygen atoms in total. The molecule has 2 aliphatic heterocycles. The number of aliphatic hydroxyl groups excluding tert-OH is 1. The van der Waals surface area contributed by atoms with Crippen LogP contribution in [0.25, 0.3) is 0 Å². The van der Waals surface area contributed by atoms with Gasteiger partial charge in [-0.1, -0.05) is 41.9 Å². The van der Waals surface area contributed by atoms with E-state index in [2.05, 4.69) is 4.90 Å². The fourth-order valence-corrected chi connectivity index (χ4v) is 5.86. The highest BCUT2D eigenvalue weighted by Gasteiger charge is 2.33. The molecule has 0 spiro atoms. The first-order valence-electron chi connectivity index (χ1n) is 14.4. The Balaban J connectivity index is 1.43. The minimum Gasteiger partial charge on any atom is -0.508 e. The van der Waals surface area contributed by atoms with Gasteiger partial charge in [0.05, 0.1) is 31.2 Å². The summed E-state index contributed by atoms with van der Waals surface area (Å²) in [5.74, 6) is 1.46. The number of hydrogen-bond donors (Lipinski definition) is 2. The molecule has 43 heavy (non-hydrogen) atoms. The lowest BCUT2D eigenvalue weighted by Gasteiger charge is -2.30. The van der Waals surface area contributed by atoms with Crippen molar-refractivity contribution in [3.05, 3.63) is 112 Å². The number of pyridine rings is 1. The third kappa shape index (κ3) is 6.21. The number of benzene rings is 3. The van der Waals surface area contributed by atoms with Crippen molar-refractivity contribution in [1.29, 1.82) is 0 Å². The summed E-state index contributed by atoms with van der Waals surface area (Å²) < 4.78 is 5.32. The van der Waals surface area contributed by atoms with Gasteiger partial charge in [-0.05, 0) is 72.5 Å². The van der Waals surface area contributed by atoms with E-state index < -0.39 is 6.04 Å². The molecule has 1 unspecified atom stereocenters. The average Bonchev–Trinajstić information content (AvgIpc) is 3.13. The first kappa shape index (κ1) is 28.7. The molecule has 2 aliphatic rings. The summed E-state index contributed by atoms with van der Waals surface area (Å²) in [5.41, 5.74) is 4.33. The summed E-state index contributed by atoms with van der Waals surface area (Å²) in [6, 6.07) is 23.2. The number of aromatic hydroxyl groups is 1. The van der Waals surface area contributed by atoms with Gasteiger partial charge in [-0.15, -0.1) is 0 Å². The quantitative estimate of drug-likeness (QED) is 0.296. The SMILES string of the molecule is COc1ccc(CN2C(=O)C(Cc3ccccc3Cl)N=C(c3ccc(N4CCC(O)CC4)nc3)c3cc(O)ccc32)cc1. The van der Waals surface area contributed by atoms with Gasteiger partial charge in [0.15, 0.2) is 0 Å². The fourth-order valence-electron chi connectivity index (χ4n) is 5.65. The summed E-state index contributed by atoms with van der Waals surface area (Å²) in [4.78, 5) is 28.0. The molecule has 9 heteroatoms. The number of nitrogens with zero attached hydrogens (tertiary/aromatic N) is 4. The van der Waals surface area contributed by atoms with Crippen molar-refractivity contribution in [2.45, 2.75) is 38.0 Å². The summed E-state index contributed by atoms with van der Waals surface area (Å²) in [7, 11) is 1.62. The van der Waals surface area contributed by atoms with Gasteiger partial charge >= 0.3 is 0 Å². The van der Waals surface area contributed by atoms with Gasteiger partial charge < -0.3 is 24.7 Å². The number of rotatable bonds is 7. The summed E-state index contributed by atoms with van der Waals surface area (Å²) >= 11 is 6.54. The van der Waals surface area contributed by atoms with Gasteiger partial charge in [-0.25, -0.2) is 4.98 Å². The van der Waals surface area contributed by atoms with Crippen molar-refractivity contribution in [3.63, 3.8) is 0 Å². The van der Waals surface area contributed by atoms with Gasteiger partial charge in [-0.3, -0.25) is 9.79 Å². The number of fused-ring (bicyclic) bond motifs is 1. The van der Waals surface area contributed by atoms with Crippen molar-refractivity contribution < 1.29 is 19.7 Å². The highest BCUT2D eigenvalue weighted by atomic mass is 35.5. The number of hydrogen-bond acceptors (Lipinski definition) is 7. The second-order valence-electron chi connectivity index (χ2n) is 10.9. The molecular weight excluding hydrogens is 564 g/mol. The molecule has 3 aromatic carbocycles. The predicted molar refractivity (Wildman–Crippen MR) is 169 cm³/mol. The highest BCUT2D eigenvalue weighted by Crippen LogP contribution is 2.34. The van der Waals surface area contributed by atoms with Crippen LogP contribution in [0.15, 0.2) is 90.1 Å². The van der Waals surface area contributed by atoms with Gasteiger partial charge in [0, 0.05) is 41.9 Å². The first-order valence-corrected chi connectivity index (χ1v) is 14.8. The van der Waals surface area contributed by atoms with Crippen LogP contribution in [0.3, 0.4) is 0 Å². The molecule has 4 aromatic rings. The van der Waals surface area contributed by atoms with Crippen LogP contribution in [0.4, 0.5) is 11.5 Å². The van der Waals surface area contributed by atoms with Crippen LogP contribution in [0.2, 0.25) is 5.02 Å². The molecule has 1 aromatic heterocycles. The Bertz CT molecular complexity index is 1630. The van der Waals surface area contributed by atoms with Crippen molar-refractivity contribution in [3.8, 4) is 11.5 Å². The number of methoxy groups -OCH3 is 1. The molecule has 2 N–H and O–H groups in total. The zero-order chi connectivity index (χ0) is 29.9. The van der Waals surface area contributed by atoms with Crippen LogP contribution in [0, 0.1) is 0 Å². The number of phenolic OH excluding ortho intramolecular Hbond substituents is 1. The van der Waals surface area contributed by atoms with E-state index in [1.165, 1.54) is 0 Å². The Morgan fingerprint density at radius 2 is 1.77 bits per heavy atom. The van der Waals surface area contributed by atoms with Crippen LogP contribution in [0.1, 0.15) is 35.1 Å². The smallest absolute Gasteiger partial charge is 0.252 e. The molecule has 1 amide bonds. The van der Waals surface area contributed by atoms with E-state index in [0.717, 1.165) is 41.3 Å². The van der Waals surface area contributed by atoms with Gasteiger partial charge in [0.1, 0.15) is 23.4 Å². The zero-order valence-electron chi connectivity index (χ0n) is 23.9. The van der Waals surface area contributed by atoms with E-state index >= 15 is 0 Å². The lowest BCUT2D eigenvalue weighted by atomic mass is 10.0. The number of benzodiazepines with no additional fused rings is 1. The zero-order valence-corrected chi connectivity index (χ0v) is 24.6. The van der Waals surface area contributed by atoms with Crippen LogP contribution in [0.5, 0.6) is 11.5 Å². The number of aliphatic imine (C=N–C) groups is 1. The maximum atomic E-state index is 14.3. The fraction of sp³-hybridized carbons (Fsp3) is 0.265. The van der Waals surface area contributed by atoms with Gasteiger partial charge in [0.25, 0.3) is 5.91 Å². The number of carbonyl (C=O) groups excluding carboxylic acids is 1. The number of amides is 1. The first-order chi connectivity index (χ1) is 20.9. The molecule has 1 atom stereocenters. The third-order valence-electron chi connectivity index (χ3n) is 8.04. The molecule has 0 saturated carbocycles. The van der Waals surface area contributed by atoms with Crippen LogP contribution in [-0.2, 0) is 17.8 Å². The Kier molecular flexibility index (Phi) is 8.31. The summed E-state index contributed by atoms with van der Waals surface area (Å²) in [5, 5.41) is 21.1. The van der Waals surface area contributed by atoms with Crippen LogP contribution >= 0.6 is 11.6 Å². The number of aromatic nitrogens is 1. The maximum Gasteiger partial charge on any atom is 0.252 e. The van der Waals surface area contributed by atoms with Gasteiger partial charge in [0.2, 0.25) is 0 Å². The second-order valence-corrected chi connectivity index (χ2v) is 11.3. The molecular formula is C34H33ClN4O4. The molecule has 3 heterocycles. The number of carbonyl (C=O) groups is 1. The summed E-state index contributed by atoms with van der Waals surface area (Å²) in [6.45, 7) is 1.78. The van der Waals surface area contributed by atoms with E-state index in [9.17, 15) is 15.0 Å². The minimum atomic E-state index is -0.772. The Hall–Kier alpha value is -4.40.